The van der Waals surface area contributed by atoms with Gasteiger partial charge in [-0.25, -0.2) is 8.42 Å². The van der Waals surface area contributed by atoms with Gasteiger partial charge < -0.3 is 5.73 Å². The third-order valence-corrected chi connectivity index (χ3v) is 7.75. The Morgan fingerprint density at radius 2 is 1.76 bits per heavy atom. The molecule has 0 saturated carbocycles. The van der Waals surface area contributed by atoms with Crippen LogP contribution in [0.1, 0.15) is 10.8 Å². The van der Waals surface area contributed by atoms with Gasteiger partial charge in [-0.2, -0.15) is 10.6 Å². The van der Waals surface area contributed by atoms with Gasteiger partial charge in [0.25, 0.3) is 0 Å². The summed E-state index contributed by atoms with van der Waals surface area (Å²) in [5, 5.41) is -0.983. The zero-order valence-electron chi connectivity index (χ0n) is 11.0. The third-order valence-electron chi connectivity index (χ3n) is 3.56. The summed E-state index contributed by atoms with van der Waals surface area (Å²) in [6, 6.07) is 12.6. The van der Waals surface area contributed by atoms with Gasteiger partial charge in [-0.05, 0) is 35.9 Å². The van der Waals surface area contributed by atoms with Crippen molar-refractivity contribution < 1.29 is 17.5 Å². The molecule has 0 saturated heterocycles. The monoisotopic (exact) mass is 325 g/mol. The highest BCUT2D eigenvalue weighted by molar-refractivity contribution is 8.25. The molecule has 1 aliphatic rings. The Kier molecular flexibility index (Phi) is 3.25. The van der Waals surface area contributed by atoms with E-state index in [9.17, 15) is 17.5 Å². The molecule has 1 aliphatic heterocycles. The van der Waals surface area contributed by atoms with Gasteiger partial charge in [0, 0.05) is 5.69 Å². The van der Waals surface area contributed by atoms with Gasteiger partial charge in [-0.15, -0.1) is 0 Å². The zero-order chi connectivity index (χ0) is 15.3. The van der Waals surface area contributed by atoms with E-state index >= 15 is 0 Å². The number of hydrogen-bond acceptors (Lipinski definition) is 5. The van der Waals surface area contributed by atoms with Crippen molar-refractivity contribution in [2.75, 3.05) is 11.5 Å². The highest BCUT2D eigenvalue weighted by atomic mass is 32.3. The second-order valence-electron chi connectivity index (χ2n) is 4.98. The van der Waals surface area contributed by atoms with Crippen LogP contribution in [0.3, 0.4) is 0 Å². The van der Waals surface area contributed by atoms with Crippen LogP contribution in [0.4, 0.5) is 5.69 Å². The number of anilines is 1. The number of nitrogen functional groups attached to an aromatic ring is 1. The number of hydrogen-bond donors (Lipinski definition) is 3. The molecular formula is C14H15NO4S2. The molecule has 2 aromatic rings. The van der Waals surface area contributed by atoms with Crippen LogP contribution in [0, 0.1) is 0 Å². The van der Waals surface area contributed by atoms with Crippen LogP contribution in [0.5, 0.6) is 0 Å². The second kappa shape index (κ2) is 4.74. The Bertz CT molecular complexity index is 788. The molecule has 4 N–H and O–H groups in total. The molecule has 1 atom stereocenters. The van der Waals surface area contributed by atoms with Gasteiger partial charge in [0.1, 0.15) is 5.25 Å². The molecule has 1 heterocycles. The number of rotatable bonds is 2. The van der Waals surface area contributed by atoms with Gasteiger partial charge in [0.15, 0.2) is 9.84 Å². The summed E-state index contributed by atoms with van der Waals surface area (Å²) in [6.45, 7) is 0. The maximum atomic E-state index is 12.7. The first-order valence-corrected chi connectivity index (χ1v) is 9.53. The highest BCUT2D eigenvalue weighted by Crippen LogP contribution is 2.61. The predicted octanol–water partition coefficient (Wildman–Crippen LogP) is 2.91. The Morgan fingerprint density at radius 1 is 1.10 bits per heavy atom. The van der Waals surface area contributed by atoms with E-state index in [4.69, 9.17) is 5.73 Å². The lowest BCUT2D eigenvalue weighted by Gasteiger charge is -2.27. The van der Waals surface area contributed by atoms with Crippen molar-refractivity contribution in [2.24, 2.45) is 0 Å². The molecule has 0 fully saturated rings. The number of sulfone groups is 1. The average molecular weight is 325 g/mol. The Morgan fingerprint density at radius 3 is 2.43 bits per heavy atom. The first-order valence-electron chi connectivity index (χ1n) is 6.27. The van der Waals surface area contributed by atoms with E-state index in [1.54, 1.807) is 24.3 Å². The summed E-state index contributed by atoms with van der Waals surface area (Å²) in [7, 11) is -6.79. The normalized spacial score (nSPS) is 21.7. The smallest absolute Gasteiger partial charge is 0.187 e. The van der Waals surface area contributed by atoms with Gasteiger partial charge in [0.2, 0.25) is 0 Å². The van der Waals surface area contributed by atoms with Crippen molar-refractivity contribution in [3.8, 4) is 0 Å². The minimum atomic E-state index is -3.69. The molecule has 3 rings (SSSR count). The van der Waals surface area contributed by atoms with Crippen molar-refractivity contribution >= 4 is 26.1 Å². The molecule has 21 heavy (non-hydrogen) atoms. The summed E-state index contributed by atoms with van der Waals surface area (Å²) in [6.07, 6.45) is 0. The van der Waals surface area contributed by atoms with E-state index in [0.29, 0.717) is 11.3 Å². The van der Waals surface area contributed by atoms with Gasteiger partial charge in [0.05, 0.1) is 15.5 Å². The summed E-state index contributed by atoms with van der Waals surface area (Å²) in [4.78, 5) is 0.446. The van der Waals surface area contributed by atoms with Crippen LogP contribution in [0.2, 0.25) is 0 Å². The predicted molar refractivity (Wildman–Crippen MR) is 83.2 cm³/mol. The third kappa shape index (κ3) is 2.32. The lowest BCUT2D eigenvalue weighted by molar-refractivity contribution is 0.491. The molecule has 5 nitrogen and oxygen atoms in total. The van der Waals surface area contributed by atoms with Gasteiger partial charge >= 0.3 is 0 Å². The van der Waals surface area contributed by atoms with Crippen molar-refractivity contribution in [1.82, 2.24) is 0 Å². The second-order valence-corrected chi connectivity index (χ2v) is 9.21. The SMILES string of the molecule is Nc1ccc2c(c1)C(S(=O)(=O)c1ccccc1)CS2(O)O. The molecule has 0 aliphatic carbocycles. The standard InChI is InChI=1S/C14H15NO4S2/c15-10-6-7-13-12(8-10)14(9-20(13,16)17)21(18,19)11-4-2-1-3-5-11/h1-8,14,16-17H,9,15H2. The first-order chi connectivity index (χ1) is 9.82. The fraction of sp³-hybridized carbons (Fsp3) is 0.143. The summed E-state index contributed by atoms with van der Waals surface area (Å²) in [5.41, 5.74) is 6.50. The lowest BCUT2D eigenvalue weighted by Crippen LogP contribution is -2.15. The fourth-order valence-corrected chi connectivity index (χ4v) is 6.94. The first kappa shape index (κ1) is 14.4. The van der Waals surface area contributed by atoms with Crippen molar-refractivity contribution in [3.63, 3.8) is 0 Å². The maximum absolute atomic E-state index is 12.7. The lowest BCUT2D eigenvalue weighted by atomic mass is 10.1. The Hall–Kier alpha value is -1.54. The van der Waals surface area contributed by atoms with E-state index in [2.05, 4.69) is 0 Å². The van der Waals surface area contributed by atoms with Crippen LogP contribution in [-0.2, 0) is 9.84 Å². The van der Waals surface area contributed by atoms with Gasteiger partial charge in [-0.3, -0.25) is 9.11 Å². The van der Waals surface area contributed by atoms with Crippen molar-refractivity contribution in [2.45, 2.75) is 15.0 Å². The molecule has 112 valence electrons. The number of fused-ring (bicyclic) bond motifs is 1. The van der Waals surface area contributed by atoms with Crippen molar-refractivity contribution in [1.29, 1.82) is 0 Å². The molecule has 0 spiro atoms. The Labute approximate surface area is 124 Å². The Balaban J connectivity index is 2.16. The van der Waals surface area contributed by atoms with Crippen molar-refractivity contribution in [3.05, 3.63) is 54.1 Å². The van der Waals surface area contributed by atoms with Crippen LogP contribution >= 0.6 is 10.6 Å². The molecule has 0 aromatic heterocycles. The minimum absolute atomic E-state index is 0.167. The zero-order valence-corrected chi connectivity index (χ0v) is 12.6. The molecule has 7 heteroatoms. The molecule has 0 amide bonds. The van der Waals surface area contributed by atoms with Crippen LogP contribution in [0.25, 0.3) is 0 Å². The largest absolute Gasteiger partial charge is 0.399 e. The molecule has 0 bridgehead atoms. The summed E-state index contributed by atoms with van der Waals surface area (Å²) < 4.78 is 45.8. The van der Waals surface area contributed by atoms with E-state index in [1.807, 2.05) is 0 Å². The van der Waals surface area contributed by atoms with E-state index in [-0.39, 0.29) is 15.5 Å². The van der Waals surface area contributed by atoms with E-state index in [0.717, 1.165) is 0 Å². The summed E-state index contributed by atoms with van der Waals surface area (Å²) in [5.74, 6) is -0.219. The number of benzene rings is 2. The fourth-order valence-electron chi connectivity index (χ4n) is 2.54. The van der Waals surface area contributed by atoms with Gasteiger partial charge in [-0.1, -0.05) is 18.2 Å². The molecular weight excluding hydrogens is 310 g/mol. The minimum Gasteiger partial charge on any atom is -0.399 e. The van der Waals surface area contributed by atoms with Crippen LogP contribution < -0.4 is 5.73 Å². The van der Waals surface area contributed by atoms with Crippen LogP contribution in [0.15, 0.2) is 58.3 Å². The molecule has 0 radical (unpaired) electrons. The van der Waals surface area contributed by atoms with Crippen LogP contribution in [-0.4, -0.2) is 23.3 Å². The molecule has 2 aromatic carbocycles. The average Bonchev–Trinajstić information content (AvgIpc) is 2.71. The van der Waals surface area contributed by atoms with E-state index < -0.39 is 25.7 Å². The molecule has 1 unspecified atom stereocenters. The number of nitrogens with two attached hydrogens (primary N) is 1. The topological polar surface area (TPSA) is 101 Å². The van der Waals surface area contributed by atoms with E-state index in [1.165, 1.54) is 24.3 Å². The highest BCUT2D eigenvalue weighted by Gasteiger charge is 2.43. The maximum Gasteiger partial charge on any atom is 0.187 e. The summed E-state index contributed by atoms with van der Waals surface area (Å²) >= 11 is 0. The quantitative estimate of drug-likeness (QED) is 0.737.